The number of hydrogen-bond donors (Lipinski definition) is 0. The molecule has 5 atom stereocenters. The second kappa shape index (κ2) is 7.30. The van der Waals surface area contributed by atoms with Gasteiger partial charge in [-0.05, 0) is 43.9 Å². The summed E-state index contributed by atoms with van der Waals surface area (Å²) in [5.74, 6) is -0.401. The number of rotatable bonds is 7. The molecule has 0 aromatic heterocycles. The molecule has 0 radical (unpaired) electrons. The fourth-order valence-corrected chi connectivity index (χ4v) is 4.95. The zero-order valence-corrected chi connectivity index (χ0v) is 15.6. The lowest BCUT2D eigenvalue weighted by molar-refractivity contribution is -0.152. The minimum atomic E-state index is -0.636. The van der Waals surface area contributed by atoms with E-state index in [1.807, 2.05) is 25.7 Å². The van der Waals surface area contributed by atoms with E-state index in [1.54, 1.807) is 0 Å². The van der Waals surface area contributed by atoms with Crippen LogP contribution in [0.15, 0.2) is 12.2 Å². The first-order valence-electron chi connectivity index (χ1n) is 9.89. The quantitative estimate of drug-likeness (QED) is 0.526. The standard InChI is InChI=1S/C20H30N2O3/c1-4-11-21(12-5-2)18(23)15(6-3)22-19(24)16-13-7-8-14(10-9-13)17(16)20(22)25/h7-8,13-17H,4-6,9-12H2,1-3H3/t13-,14-,15-,16+,17+/m0/s1. The minimum absolute atomic E-state index is 0.0631. The molecule has 25 heavy (non-hydrogen) atoms. The highest BCUT2D eigenvalue weighted by Gasteiger charge is 2.58. The molecule has 0 aromatic carbocycles. The van der Waals surface area contributed by atoms with E-state index in [2.05, 4.69) is 12.2 Å². The van der Waals surface area contributed by atoms with E-state index in [-0.39, 0.29) is 41.4 Å². The molecule has 0 spiro atoms. The molecule has 4 rings (SSSR count). The Labute approximate surface area is 150 Å². The second-order valence-electron chi connectivity index (χ2n) is 7.64. The van der Waals surface area contributed by atoms with Gasteiger partial charge in [-0.2, -0.15) is 0 Å². The highest BCUT2D eigenvalue weighted by molar-refractivity contribution is 6.09. The molecule has 1 saturated heterocycles. The Morgan fingerprint density at radius 3 is 1.88 bits per heavy atom. The maximum absolute atomic E-state index is 13.1. The topological polar surface area (TPSA) is 57.7 Å². The molecule has 0 unspecified atom stereocenters. The van der Waals surface area contributed by atoms with E-state index < -0.39 is 6.04 Å². The molecular formula is C20H30N2O3. The highest BCUT2D eigenvalue weighted by atomic mass is 16.2. The van der Waals surface area contributed by atoms with Gasteiger partial charge in [0.15, 0.2) is 0 Å². The van der Waals surface area contributed by atoms with Crippen LogP contribution in [0.4, 0.5) is 0 Å². The summed E-state index contributed by atoms with van der Waals surface area (Å²) in [4.78, 5) is 42.4. The van der Waals surface area contributed by atoms with Crippen LogP contribution in [0.3, 0.4) is 0 Å². The first-order chi connectivity index (χ1) is 12.0. The molecule has 2 fully saturated rings. The van der Waals surface area contributed by atoms with Crippen LogP contribution in [0, 0.1) is 23.7 Å². The van der Waals surface area contributed by atoms with Gasteiger partial charge in [-0.3, -0.25) is 19.3 Å². The lowest BCUT2D eigenvalue weighted by Gasteiger charge is -2.38. The van der Waals surface area contributed by atoms with E-state index in [4.69, 9.17) is 0 Å². The summed E-state index contributed by atoms with van der Waals surface area (Å²) in [7, 11) is 0. The maximum Gasteiger partial charge on any atom is 0.245 e. The SMILES string of the molecule is CCCN(CCC)C(=O)[C@H](CC)N1C(=O)[C@H]2[C@H](C1=O)[C@H]1C=C[C@H]2CC1. The summed E-state index contributed by atoms with van der Waals surface area (Å²) in [5, 5.41) is 0. The monoisotopic (exact) mass is 346 g/mol. The van der Waals surface area contributed by atoms with Crippen molar-refractivity contribution in [1.82, 2.24) is 9.80 Å². The smallest absolute Gasteiger partial charge is 0.245 e. The number of hydrogen-bond acceptors (Lipinski definition) is 3. The first-order valence-corrected chi connectivity index (χ1v) is 9.89. The molecule has 3 aliphatic carbocycles. The van der Waals surface area contributed by atoms with Crippen molar-refractivity contribution in [3.63, 3.8) is 0 Å². The lowest BCUT2D eigenvalue weighted by atomic mass is 9.63. The van der Waals surface area contributed by atoms with E-state index in [1.165, 1.54) is 4.90 Å². The minimum Gasteiger partial charge on any atom is -0.341 e. The summed E-state index contributed by atoms with van der Waals surface area (Å²) in [6.07, 6.45) is 8.45. The first kappa shape index (κ1) is 18.2. The Morgan fingerprint density at radius 2 is 1.52 bits per heavy atom. The number of imide groups is 1. The molecule has 1 saturated carbocycles. The van der Waals surface area contributed by atoms with Crippen LogP contribution in [0.25, 0.3) is 0 Å². The van der Waals surface area contributed by atoms with Crippen molar-refractivity contribution >= 4 is 17.7 Å². The molecule has 0 aromatic rings. The zero-order valence-electron chi connectivity index (χ0n) is 15.6. The molecule has 1 heterocycles. The van der Waals surface area contributed by atoms with Gasteiger partial charge in [0.25, 0.3) is 0 Å². The summed E-state index contributed by atoms with van der Waals surface area (Å²) in [6.45, 7) is 7.34. The molecule has 3 amide bonds. The molecular weight excluding hydrogens is 316 g/mol. The van der Waals surface area contributed by atoms with E-state index in [0.717, 1.165) is 25.7 Å². The fourth-order valence-electron chi connectivity index (χ4n) is 4.95. The fraction of sp³-hybridized carbons (Fsp3) is 0.750. The number of fused-ring (bicyclic) bond motifs is 1. The normalized spacial score (nSPS) is 31.4. The van der Waals surface area contributed by atoms with Crippen LogP contribution < -0.4 is 0 Å². The maximum atomic E-state index is 13.1. The van der Waals surface area contributed by atoms with Crippen molar-refractivity contribution in [2.24, 2.45) is 23.7 Å². The third kappa shape index (κ3) is 2.91. The second-order valence-corrected chi connectivity index (χ2v) is 7.64. The van der Waals surface area contributed by atoms with Crippen LogP contribution in [0.5, 0.6) is 0 Å². The third-order valence-corrected chi connectivity index (χ3v) is 6.08. The van der Waals surface area contributed by atoms with Crippen LogP contribution in [-0.2, 0) is 14.4 Å². The van der Waals surface area contributed by atoms with E-state index >= 15 is 0 Å². The molecule has 1 aliphatic heterocycles. The van der Waals surface area contributed by atoms with Crippen molar-refractivity contribution in [2.45, 2.75) is 58.9 Å². The van der Waals surface area contributed by atoms with Crippen molar-refractivity contribution in [3.05, 3.63) is 12.2 Å². The number of likely N-dealkylation sites (tertiary alicyclic amines) is 1. The van der Waals surface area contributed by atoms with Crippen molar-refractivity contribution in [2.75, 3.05) is 13.1 Å². The predicted octanol–water partition coefficient (Wildman–Crippen LogP) is 2.61. The van der Waals surface area contributed by atoms with E-state index in [9.17, 15) is 14.4 Å². The van der Waals surface area contributed by atoms with Crippen LogP contribution in [0.1, 0.15) is 52.9 Å². The van der Waals surface area contributed by atoms with Gasteiger partial charge in [-0.1, -0.05) is 32.9 Å². The van der Waals surface area contributed by atoms with Crippen LogP contribution >= 0.6 is 0 Å². The average Bonchev–Trinajstić information content (AvgIpc) is 2.90. The number of amides is 3. The van der Waals surface area contributed by atoms with E-state index in [0.29, 0.717) is 19.5 Å². The molecule has 2 bridgehead atoms. The Balaban J connectivity index is 1.85. The molecule has 5 heteroatoms. The molecule has 4 aliphatic rings. The Bertz CT molecular complexity index is 547. The van der Waals surface area contributed by atoms with Crippen molar-refractivity contribution in [1.29, 1.82) is 0 Å². The highest BCUT2D eigenvalue weighted by Crippen LogP contribution is 2.50. The Hall–Kier alpha value is -1.65. The predicted molar refractivity (Wildman–Crippen MR) is 95.4 cm³/mol. The number of carbonyl (C=O) groups excluding carboxylic acids is 3. The molecule has 5 nitrogen and oxygen atoms in total. The van der Waals surface area contributed by atoms with Gasteiger partial charge in [0, 0.05) is 13.1 Å². The third-order valence-electron chi connectivity index (χ3n) is 6.08. The van der Waals surface area contributed by atoms with Gasteiger partial charge in [0.1, 0.15) is 6.04 Å². The largest absolute Gasteiger partial charge is 0.341 e. The van der Waals surface area contributed by atoms with Crippen LogP contribution in [0.2, 0.25) is 0 Å². The van der Waals surface area contributed by atoms with Crippen molar-refractivity contribution in [3.8, 4) is 0 Å². The Morgan fingerprint density at radius 1 is 1.04 bits per heavy atom. The van der Waals surface area contributed by atoms with Crippen molar-refractivity contribution < 1.29 is 14.4 Å². The van der Waals surface area contributed by atoms with Gasteiger partial charge in [0.2, 0.25) is 17.7 Å². The average molecular weight is 346 g/mol. The van der Waals surface area contributed by atoms with Crippen LogP contribution in [-0.4, -0.2) is 46.7 Å². The number of carbonyl (C=O) groups is 3. The summed E-state index contributed by atoms with van der Waals surface area (Å²) in [5.41, 5.74) is 0. The van der Waals surface area contributed by atoms with Gasteiger partial charge in [0.05, 0.1) is 11.8 Å². The summed E-state index contributed by atoms with van der Waals surface area (Å²) < 4.78 is 0. The van der Waals surface area contributed by atoms with Gasteiger partial charge in [-0.25, -0.2) is 0 Å². The summed E-state index contributed by atoms with van der Waals surface area (Å²) in [6, 6.07) is -0.636. The number of allylic oxidation sites excluding steroid dienone is 2. The van der Waals surface area contributed by atoms with Gasteiger partial charge < -0.3 is 4.90 Å². The molecule has 138 valence electrons. The van der Waals surface area contributed by atoms with Gasteiger partial charge >= 0.3 is 0 Å². The number of nitrogens with zero attached hydrogens (tertiary/aromatic N) is 2. The zero-order chi connectivity index (χ0) is 18.1. The van der Waals surface area contributed by atoms with Gasteiger partial charge in [-0.15, -0.1) is 0 Å². The molecule has 0 N–H and O–H groups in total. The summed E-state index contributed by atoms with van der Waals surface area (Å²) >= 11 is 0. The Kier molecular flexibility index (Phi) is 5.30. The lowest BCUT2D eigenvalue weighted by Crippen LogP contribution is -2.51.